The van der Waals surface area contributed by atoms with Crippen molar-refractivity contribution >= 4 is 11.7 Å². The summed E-state index contributed by atoms with van der Waals surface area (Å²) in [6.45, 7) is -0.0614. The van der Waals surface area contributed by atoms with Crippen LogP contribution in [0.15, 0.2) is 59.0 Å². The number of hydrogen-bond donors (Lipinski definition) is 0. The molecule has 0 fully saturated rings. The lowest BCUT2D eigenvalue weighted by Gasteiger charge is -2.12. The molecule has 0 atom stereocenters. The van der Waals surface area contributed by atoms with E-state index in [2.05, 4.69) is 10.2 Å². The van der Waals surface area contributed by atoms with Crippen molar-refractivity contribution in [2.24, 2.45) is 0 Å². The lowest BCUT2D eigenvalue weighted by Crippen LogP contribution is -2.09. The van der Waals surface area contributed by atoms with Crippen LogP contribution in [0, 0.1) is 0 Å². The van der Waals surface area contributed by atoms with Crippen LogP contribution >= 0.6 is 0 Å². The highest BCUT2D eigenvalue weighted by atomic mass is 16.5. The molecule has 1 aromatic heterocycles. The molecule has 0 bridgehead atoms. The van der Waals surface area contributed by atoms with Crippen molar-refractivity contribution < 1.29 is 13.9 Å². The molecule has 0 spiro atoms. The van der Waals surface area contributed by atoms with Crippen LogP contribution in [-0.4, -0.2) is 30.3 Å². The molecule has 0 aliphatic rings. The average Bonchev–Trinajstić information content (AvgIpc) is 3.09. The molecule has 0 amide bonds. The van der Waals surface area contributed by atoms with Gasteiger partial charge in [0.25, 0.3) is 5.89 Å². The van der Waals surface area contributed by atoms with Crippen molar-refractivity contribution in [3.8, 4) is 11.5 Å². The number of esters is 1. The normalized spacial score (nSPS) is 10.4. The summed E-state index contributed by atoms with van der Waals surface area (Å²) in [5, 5.41) is 7.85. The van der Waals surface area contributed by atoms with E-state index < -0.39 is 5.97 Å². The van der Waals surface area contributed by atoms with Gasteiger partial charge in [-0.05, 0) is 36.4 Å². The van der Waals surface area contributed by atoms with Crippen LogP contribution in [0.5, 0.6) is 0 Å². The van der Waals surface area contributed by atoms with Gasteiger partial charge in [0.15, 0.2) is 6.61 Å². The second-order valence-electron chi connectivity index (χ2n) is 5.38. The van der Waals surface area contributed by atoms with Crippen molar-refractivity contribution in [2.45, 2.75) is 6.61 Å². The maximum atomic E-state index is 12.1. The molecule has 3 aromatic rings. The zero-order valence-corrected chi connectivity index (χ0v) is 13.5. The van der Waals surface area contributed by atoms with Gasteiger partial charge in [-0.2, -0.15) is 0 Å². The number of benzene rings is 2. The monoisotopic (exact) mass is 323 g/mol. The highest BCUT2D eigenvalue weighted by molar-refractivity contribution is 5.89. The first kappa shape index (κ1) is 15.7. The van der Waals surface area contributed by atoms with Crippen LogP contribution in [0.1, 0.15) is 16.2 Å². The molecule has 24 heavy (non-hydrogen) atoms. The molecule has 0 aliphatic carbocycles. The molecule has 3 rings (SSSR count). The smallest absolute Gasteiger partial charge is 0.338 e. The van der Waals surface area contributed by atoms with E-state index in [0.717, 1.165) is 11.3 Å². The van der Waals surface area contributed by atoms with E-state index in [-0.39, 0.29) is 12.5 Å². The Bertz CT molecular complexity index is 811. The number of rotatable bonds is 5. The summed E-state index contributed by atoms with van der Waals surface area (Å²) >= 11 is 0. The number of carbonyl (C=O) groups is 1. The second kappa shape index (κ2) is 6.95. The number of nitrogens with zero attached hydrogens (tertiary/aromatic N) is 3. The Labute approximate surface area is 139 Å². The first-order chi connectivity index (χ1) is 11.6. The van der Waals surface area contributed by atoms with Gasteiger partial charge in [0, 0.05) is 25.3 Å². The van der Waals surface area contributed by atoms with Gasteiger partial charge in [0.05, 0.1) is 5.56 Å². The summed E-state index contributed by atoms with van der Waals surface area (Å²) in [6.07, 6.45) is 0. The predicted molar refractivity (Wildman–Crippen MR) is 89.6 cm³/mol. The van der Waals surface area contributed by atoms with Crippen molar-refractivity contribution in [2.75, 3.05) is 19.0 Å². The number of aromatic nitrogens is 2. The minimum Gasteiger partial charge on any atom is -0.452 e. The van der Waals surface area contributed by atoms with Crippen molar-refractivity contribution in [3.63, 3.8) is 0 Å². The summed E-state index contributed by atoms with van der Waals surface area (Å²) in [5.41, 5.74) is 2.31. The maximum absolute atomic E-state index is 12.1. The quantitative estimate of drug-likeness (QED) is 0.672. The first-order valence-corrected chi connectivity index (χ1v) is 7.46. The molecular weight excluding hydrogens is 306 g/mol. The van der Waals surface area contributed by atoms with Crippen LogP contribution in [0.25, 0.3) is 11.5 Å². The molecule has 0 radical (unpaired) electrons. The Kier molecular flexibility index (Phi) is 4.56. The Morgan fingerprint density at radius 1 is 1.04 bits per heavy atom. The molecule has 0 unspecified atom stereocenters. The van der Waals surface area contributed by atoms with Gasteiger partial charge in [-0.15, -0.1) is 10.2 Å². The van der Waals surface area contributed by atoms with Gasteiger partial charge in [-0.1, -0.05) is 18.2 Å². The summed E-state index contributed by atoms with van der Waals surface area (Å²) in [4.78, 5) is 14.0. The van der Waals surface area contributed by atoms with E-state index in [1.54, 1.807) is 12.1 Å². The van der Waals surface area contributed by atoms with E-state index in [4.69, 9.17) is 9.15 Å². The summed E-state index contributed by atoms with van der Waals surface area (Å²) < 4.78 is 10.7. The Morgan fingerprint density at radius 3 is 2.42 bits per heavy atom. The van der Waals surface area contributed by atoms with Gasteiger partial charge in [-0.3, -0.25) is 0 Å². The third kappa shape index (κ3) is 3.60. The van der Waals surface area contributed by atoms with Gasteiger partial charge < -0.3 is 14.1 Å². The van der Waals surface area contributed by atoms with E-state index in [0.29, 0.717) is 11.5 Å². The minimum absolute atomic E-state index is 0.0614. The third-order valence-corrected chi connectivity index (χ3v) is 3.43. The predicted octanol–water partition coefficient (Wildman–Crippen LogP) is 3.16. The molecule has 0 N–H and O–H groups in total. The Morgan fingerprint density at radius 2 is 1.75 bits per heavy atom. The molecule has 0 saturated heterocycles. The summed E-state index contributed by atoms with van der Waals surface area (Å²) in [7, 11) is 3.88. The van der Waals surface area contributed by atoms with Crippen LogP contribution in [-0.2, 0) is 11.3 Å². The Hall–Kier alpha value is -3.15. The average molecular weight is 323 g/mol. The topological polar surface area (TPSA) is 68.5 Å². The highest BCUT2D eigenvalue weighted by Gasteiger charge is 2.12. The molecule has 6 nitrogen and oxygen atoms in total. The van der Waals surface area contributed by atoms with Gasteiger partial charge in [-0.25, -0.2) is 4.79 Å². The van der Waals surface area contributed by atoms with E-state index in [9.17, 15) is 4.79 Å². The summed E-state index contributed by atoms with van der Waals surface area (Å²) in [5.74, 6) is 0.226. The largest absolute Gasteiger partial charge is 0.452 e. The SMILES string of the molecule is CN(C)c1ccc(C(=O)OCc2nnc(-c3ccccc3)o2)cc1. The molecule has 1 heterocycles. The molecule has 0 saturated carbocycles. The van der Waals surface area contributed by atoms with Crippen LogP contribution in [0.2, 0.25) is 0 Å². The molecular formula is C18H17N3O3. The molecule has 6 heteroatoms. The first-order valence-electron chi connectivity index (χ1n) is 7.46. The molecule has 122 valence electrons. The van der Waals surface area contributed by atoms with Crippen molar-refractivity contribution in [3.05, 3.63) is 66.1 Å². The lowest BCUT2D eigenvalue weighted by molar-refractivity contribution is 0.0438. The van der Waals surface area contributed by atoms with Crippen molar-refractivity contribution in [1.29, 1.82) is 0 Å². The Balaban J connectivity index is 1.61. The standard InChI is InChI=1S/C18H17N3O3/c1-21(2)15-10-8-14(9-11-15)18(22)23-12-16-19-20-17(24-16)13-6-4-3-5-7-13/h3-11H,12H2,1-2H3. The van der Waals surface area contributed by atoms with Crippen LogP contribution in [0.4, 0.5) is 5.69 Å². The van der Waals surface area contributed by atoms with Gasteiger partial charge >= 0.3 is 5.97 Å². The van der Waals surface area contributed by atoms with E-state index in [1.165, 1.54) is 0 Å². The summed E-state index contributed by atoms with van der Waals surface area (Å²) in [6, 6.07) is 16.6. The number of hydrogen-bond acceptors (Lipinski definition) is 6. The van der Waals surface area contributed by atoms with Gasteiger partial charge in [0.1, 0.15) is 0 Å². The highest BCUT2D eigenvalue weighted by Crippen LogP contribution is 2.18. The fraction of sp³-hybridized carbons (Fsp3) is 0.167. The minimum atomic E-state index is -0.431. The van der Waals surface area contributed by atoms with Crippen LogP contribution < -0.4 is 4.90 Å². The van der Waals surface area contributed by atoms with Gasteiger partial charge in [0.2, 0.25) is 5.89 Å². The number of carbonyl (C=O) groups excluding carboxylic acids is 1. The fourth-order valence-corrected chi connectivity index (χ4v) is 2.12. The number of ether oxygens (including phenoxy) is 1. The van der Waals surface area contributed by atoms with Crippen molar-refractivity contribution in [1.82, 2.24) is 10.2 Å². The fourth-order valence-electron chi connectivity index (χ4n) is 2.12. The maximum Gasteiger partial charge on any atom is 0.338 e. The second-order valence-corrected chi connectivity index (χ2v) is 5.38. The molecule has 0 aliphatic heterocycles. The van der Waals surface area contributed by atoms with E-state index >= 15 is 0 Å². The number of anilines is 1. The molecule has 2 aromatic carbocycles. The zero-order chi connectivity index (χ0) is 16.9. The zero-order valence-electron chi connectivity index (χ0n) is 13.5. The van der Waals surface area contributed by atoms with Crippen LogP contribution in [0.3, 0.4) is 0 Å². The van der Waals surface area contributed by atoms with E-state index in [1.807, 2.05) is 61.5 Å². The third-order valence-electron chi connectivity index (χ3n) is 3.43. The lowest BCUT2D eigenvalue weighted by atomic mass is 10.2.